The minimum Gasteiger partial charge on any atom is -0.444 e. The maximum Gasteiger partial charge on any atom is 0.407 e. The summed E-state index contributed by atoms with van der Waals surface area (Å²) < 4.78 is 5.15. The van der Waals surface area contributed by atoms with E-state index in [0.717, 1.165) is 11.1 Å². The molecule has 1 aromatic carbocycles. The molecule has 118 valence electrons. The molecule has 0 saturated carbocycles. The molecule has 0 unspecified atom stereocenters. The lowest BCUT2D eigenvalue weighted by atomic mass is 10.1. The molecule has 1 rings (SSSR count). The number of amides is 1. The molecule has 5 nitrogen and oxygen atoms in total. The molecular weight excluding hydrogens is 266 g/mol. The summed E-state index contributed by atoms with van der Waals surface area (Å²) in [4.78, 5) is 11.5. The van der Waals surface area contributed by atoms with Crippen molar-refractivity contribution in [3.05, 3.63) is 34.9 Å². The number of nitrogens with one attached hydrogen (secondary N) is 2. The predicted molar refractivity (Wildman–Crippen MR) is 86.6 cm³/mol. The molecule has 0 aromatic heterocycles. The average molecular weight is 293 g/mol. The van der Waals surface area contributed by atoms with Crippen LogP contribution in [-0.2, 0) is 11.3 Å². The normalized spacial score (nSPS) is 10.2. The molecule has 0 bridgehead atoms. The fourth-order valence-corrected chi connectivity index (χ4v) is 1.61. The third kappa shape index (κ3) is 7.97. The molecule has 0 atom stereocenters. The summed E-state index contributed by atoms with van der Waals surface area (Å²) >= 11 is 0. The summed E-state index contributed by atoms with van der Waals surface area (Å²) in [6.07, 6.45) is -0.460. The van der Waals surface area contributed by atoms with Crippen molar-refractivity contribution >= 4 is 11.9 Å². The SMILES string of the molecule is CC.Cc1cc(CNC(=O)OC(C)(C)C)cc(C(=N)N)c1. The van der Waals surface area contributed by atoms with E-state index in [9.17, 15) is 4.79 Å². The number of nitrogens with two attached hydrogens (primary N) is 1. The van der Waals surface area contributed by atoms with Crippen LogP contribution in [0.5, 0.6) is 0 Å². The van der Waals surface area contributed by atoms with Crippen LogP contribution in [0, 0.1) is 12.3 Å². The fourth-order valence-electron chi connectivity index (χ4n) is 1.61. The number of ether oxygens (including phenoxy) is 1. The van der Waals surface area contributed by atoms with Gasteiger partial charge in [-0.25, -0.2) is 4.79 Å². The number of amidine groups is 1. The first kappa shape index (κ1) is 19.0. The molecule has 0 aliphatic rings. The van der Waals surface area contributed by atoms with E-state index in [1.165, 1.54) is 0 Å². The molecular formula is C16H27N3O2. The smallest absolute Gasteiger partial charge is 0.407 e. The Balaban J connectivity index is 0.00000191. The zero-order valence-electron chi connectivity index (χ0n) is 13.8. The highest BCUT2D eigenvalue weighted by atomic mass is 16.6. The summed E-state index contributed by atoms with van der Waals surface area (Å²) in [7, 11) is 0. The van der Waals surface area contributed by atoms with Crippen molar-refractivity contribution in [2.45, 2.75) is 53.7 Å². The number of aryl methyl sites for hydroxylation is 1. The third-order valence-electron chi connectivity index (χ3n) is 2.28. The van der Waals surface area contributed by atoms with Gasteiger partial charge in [0.15, 0.2) is 0 Å². The molecule has 0 heterocycles. The van der Waals surface area contributed by atoms with E-state index in [2.05, 4.69) is 5.32 Å². The lowest BCUT2D eigenvalue weighted by Gasteiger charge is -2.19. The minimum atomic E-state index is -0.513. The first-order valence-electron chi connectivity index (χ1n) is 7.09. The second kappa shape index (κ2) is 8.29. The van der Waals surface area contributed by atoms with Gasteiger partial charge in [0, 0.05) is 12.1 Å². The highest BCUT2D eigenvalue weighted by Gasteiger charge is 2.15. The Morgan fingerprint density at radius 3 is 2.33 bits per heavy atom. The number of nitrogen functional groups attached to an aromatic ring is 1. The predicted octanol–water partition coefficient (Wildman–Crippen LogP) is 3.33. The first-order chi connectivity index (χ1) is 9.67. The Morgan fingerprint density at radius 1 is 1.29 bits per heavy atom. The van der Waals surface area contributed by atoms with Crippen molar-refractivity contribution in [3.8, 4) is 0 Å². The van der Waals surface area contributed by atoms with E-state index in [1.54, 1.807) is 6.07 Å². The first-order valence-corrected chi connectivity index (χ1v) is 7.09. The van der Waals surface area contributed by atoms with Crippen LogP contribution in [0.1, 0.15) is 51.3 Å². The van der Waals surface area contributed by atoms with Gasteiger partial charge >= 0.3 is 6.09 Å². The van der Waals surface area contributed by atoms with Gasteiger partial charge in [0.2, 0.25) is 0 Å². The van der Waals surface area contributed by atoms with Crippen LogP contribution in [-0.4, -0.2) is 17.5 Å². The third-order valence-corrected chi connectivity index (χ3v) is 2.28. The van der Waals surface area contributed by atoms with Gasteiger partial charge in [0.1, 0.15) is 11.4 Å². The van der Waals surface area contributed by atoms with E-state index in [0.29, 0.717) is 12.1 Å². The topological polar surface area (TPSA) is 88.2 Å². The molecule has 5 heteroatoms. The van der Waals surface area contributed by atoms with E-state index < -0.39 is 11.7 Å². The van der Waals surface area contributed by atoms with Gasteiger partial charge in [-0.05, 0) is 45.4 Å². The molecule has 21 heavy (non-hydrogen) atoms. The highest BCUT2D eigenvalue weighted by Crippen LogP contribution is 2.10. The van der Waals surface area contributed by atoms with E-state index >= 15 is 0 Å². The van der Waals surface area contributed by atoms with Crippen molar-refractivity contribution < 1.29 is 9.53 Å². The Kier molecular flexibility index (Phi) is 7.49. The molecule has 1 aromatic rings. The van der Waals surface area contributed by atoms with Crippen LogP contribution >= 0.6 is 0 Å². The maximum absolute atomic E-state index is 11.5. The zero-order chi connectivity index (χ0) is 16.6. The van der Waals surface area contributed by atoms with Crippen molar-refractivity contribution in [2.24, 2.45) is 5.73 Å². The summed E-state index contributed by atoms with van der Waals surface area (Å²) in [5.41, 5.74) is 7.48. The molecule has 0 radical (unpaired) electrons. The van der Waals surface area contributed by atoms with E-state index in [-0.39, 0.29) is 5.84 Å². The Bertz CT molecular complexity index is 491. The number of carbonyl (C=O) groups is 1. The summed E-state index contributed by atoms with van der Waals surface area (Å²) in [6, 6.07) is 5.55. The second-order valence-corrected chi connectivity index (χ2v) is 5.48. The van der Waals surface area contributed by atoms with Crippen molar-refractivity contribution in [1.29, 1.82) is 5.41 Å². The number of benzene rings is 1. The number of carbonyl (C=O) groups excluding carboxylic acids is 1. The molecule has 1 amide bonds. The van der Waals surface area contributed by atoms with E-state index in [1.807, 2.05) is 53.7 Å². The van der Waals surface area contributed by atoms with Gasteiger partial charge in [0.05, 0.1) is 0 Å². The average Bonchev–Trinajstić information content (AvgIpc) is 2.36. The molecule has 0 fully saturated rings. The highest BCUT2D eigenvalue weighted by molar-refractivity contribution is 5.95. The van der Waals surface area contributed by atoms with Crippen LogP contribution in [0.4, 0.5) is 4.79 Å². The van der Waals surface area contributed by atoms with Crippen LogP contribution in [0.3, 0.4) is 0 Å². The van der Waals surface area contributed by atoms with Gasteiger partial charge in [-0.3, -0.25) is 5.41 Å². The molecule has 0 saturated heterocycles. The number of rotatable bonds is 3. The maximum atomic E-state index is 11.5. The number of alkyl carbamates (subject to hydrolysis) is 1. The van der Waals surface area contributed by atoms with Crippen LogP contribution < -0.4 is 11.1 Å². The van der Waals surface area contributed by atoms with Gasteiger partial charge in [0.25, 0.3) is 0 Å². The summed E-state index contributed by atoms with van der Waals surface area (Å²) in [6.45, 7) is 11.7. The van der Waals surface area contributed by atoms with Crippen molar-refractivity contribution in [1.82, 2.24) is 5.32 Å². The molecule has 4 N–H and O–H groups in total. The van der Waals surface area contributed by atoms with Crippen molar-refractivity contribution in [3.63, 3.8) is 0 Å². The summed E-state index contributed by atoms with van der Waals surface area (Å²) in [5, 5.41) is 10.1. The zero-order valence-corrected chi connectivity index (χ0v) is 13.8. The Labute approximate surface area is 127 Å². The van der Waals surface area contributed by atoms with Crippen LogP contribution in [0.15, 0.2) is 18.2 Å². The van der Waals surface area contributed by atoms with E-state index in [4.69, 9.17) is 15.9 Å². The second-order valence-electron chi connectivity index (χ2n) is 5.48. The monoisotopic (exact) mass is 293 g/mol. The van der Waals surface area contributed by atoms with Gasteiger partial charge < -0.3 is 15.8 Å². The summed E-state index contributed by atoms with van der Waals surface area (Å²) in [5.74, 6) is 0.0159. The number of hydrogen-bond donors (Lipinski definition) is 3. The lowest BCUT2D eigenvalue weighted by molar-refractivity contribution is 0.0523. The Morgan fingerprint density at radius 2 is 1.86 bits per heavy atom. The Hall–Kier alpha value is -2.04. The van der Waals surface area contributed by atoms with Crippen LogP contribution in [0.25, 0.3) is 0 Å². The minimum absolute atomic E-state index is 0.0159. The fraction of sp³-hybridized carbons (Fsp3) is 0.500. The number of hydrogen-bond acceptors (Lipinski definition) is 3. The molecule has 0 aliphatic carbocycles. The van der Waals surface area contributed by atoms with Gasteiger partial charge in [-0.15, -0.1) is 0 Å². The molecule has 0 aliphatic heterocycles. The molecule has 0 spiro atoms. The van der Waals surface area contributed by atoms with Gasteiger partial charge in [-0.2, -0.15) is 0 Å². The standard InChI is InChI=1S/C14H21N3O2.C2H6/c1-9-5-10(7-11(6-9)12(15)16)8-17-13(18)19-14(2,3)4;1-2/h5-7H,8H2,1-4H3,(H3,15,16)(H,17,18);1-2H3. The van der Waals surface area contributed by atoms with Gasteiger partial charge in [-0.1, -0.05) is 25.5 Å². The van der Waals surface area contributed by atoms with Crippen LogP contribution in [0.2, 0.25) is 0 Å². The quantitative estimate of drug-likeness (QED) is 0.590. The lowest BCUT2D eigenvalue weighted by Crippen LogP contribution is -2.32. The van der Waals surface area contributed by atoms with Crippen molar-refractivity contribution in [2.75, 3.05) is 0 Å². The largest absolute Gasteiger partial charge is 0.444 e.